The van der Waals surface area contributed by atoms with Crippen LogP contribution < -0.4 is 16.3 Å². The van der Waals surface area contributed by atoms with Crippen LogP contribution in [0.1, 0.15) is 48.4 Å². The van der Waals surface area contributed by atoms with Crippen LogP contribution in [0.15, 0.2) is 40.2 Å². The van der Waals surface area contributed by atoms with E-state index in [1.165, 1.54) is 0 Å². The highest BCUT2D eigenvalue weighted by molar-refractivity contribution is 6.02. The van der Waals surface area contributed by atoms with Gasteiger partial charge < -0.3 is 19.7 Å². The molecule has 5 heterocycles. The number of hydrogen-bond donors (Lipinski definition) is 3. The number of hydrogen-bond acceptors (Lipinski definition) is 8. The summed E-state index contributed by atoms with van der Waals surface area (Å²) in [6.45, 7) is 2.54. The summed E-state index contributed by atoms with van der Waals surface area (Å²) >= 11 is 0. The summed E-state index contributed by atoms with van der Waals surface area (Å²) in [6, 6.07) is 8.99. The van der Waals surface area contributed by atoms with Gasteiger partial charge in [0.1, 0.15) is 6.61 Å². The summed E-state index contributed by atoms with van der Waals surface area (Å²) in [5.41, 5.74) is 4.27. The predicted molar refractivity (Wildman–Crippen MR) is 139 cm³/mol. The number of benzene rings is 1. The first kappa shape index (κ1) is 25.1. The number of nitrogens with one attached hydrogen (secondary N) is 2. The van der Waals surface area contributed by atoms with Crippen molar-refractivity contribution in [3.8, 4) is 11.4 Å². The van der Waals surface area contributed by atoms with E-state index in [9.17, 15) is 19.5 Å². The minimum absolute atomic E-state index is 0. The topological polar surface area (TPSA) is 135 Å². The maximum absolute atomic E-state index is 13.5. The number of nitrogens with zero attached hydrogens (tertiary/aromatic N) is 3. The lowest BCUT2D eigenvalue weighted by molar-refractivity contribution is -0.172. The molecule has 2 aromatic heterocycles. The lowest BCUT2D eigenvalue weighted by Gasteiger charge is -2.31. The Hall–Kier alpha value is -3.60. The lowest BCUT2D eigenvalue weighted by atomic mass is 9.86. The number of aliphatic hydroxyl groups is 1. The number of halogens is 1. The molecule has 3 aliphatic heterocycles. The van der Waals surface area contributed by atoms with Crippen LogP contribution >= 0.6 is 12.4 Å². The van der Waals surface area contributed by atoms with Gasteiger partial charge >= 0.3 is 5.97 Å². The second-order valence-corrected chi connectivity index (χ2v) is 9.36. The third kappa shape index (κ3) is 3.83. The van der Waals surface area contributed by atoms with Crippen LogP contribution in [0, 0.1) is 0 Å². The fraction of sp³-hybridized carbons (Fsp3) is 0.346. The SMILES string of the molecule is CC[C@@]1(O)C(=O)OCc2c1cc1n(c2=O)Cc2c-1nc1ccccc1c2/C=N/NC(=O)C1CCCN1.Cl. The second-order valence-electron chi connectivity index (χ2n) is 9.36. The zero-order valence-corrected chi connectivity index (χ0v) is 20.9. The van der Waals surface area contributed by atoms with Gasteiger partial charge in [-0.15, -0.1) is 12.4 Å². The molecule has 3 aromatic rings. The maximum Gasteiger partial charge on any atom is 0.343 e. The zero-order valence-electron chi connectivity index (χ0n) is 20.1. The van der Waals surface area contributed by atoms with Crippen molar-refractivity contribution in [2.45, 2.75) is 51.0 Å². The first-order valence-electron chi connectivity index (χ1n) is 12.1. The number of carbonyl (C=O) groups excluding carboxylic acids is 2. The molecule has 10 nitrogen and oxygen atoms in total. The number of rotatable bonds is 4. The molecule has 0 bridgehead atoms. The van der Waals surface area contributed by atoms with E-state index in [1.807, 2.05) is 24.3 Å². The van der Waals surface area contributed by atoms with Gasteiger partial charge in [0.15, 0.2) is 5.60 Å². The molecule has 1 aromatic carbocycles. The van der Waals surface area contributed by atoms with E-state index >= 15 is 0 Å². The van der Waals surface area contributed by atoms with Crippen LogP contribution in [-0.2, 0) is 33.1 Å². The molecule has 6 rings (SSSR count). The van der Waals surface area contributed by atoms with E-state index in [2.05, 4.69) is 15.8 Å². The number of ether oxygens (including phenoxy) is 1. The van der Waals surface area contributed by atoms with Crippen LogP contribution in [0.3, 0.4) is 0 Å². The summed E-state index contributed by atoms with van der Waals surface area (Å²) in [5, 5.41) is 19.3. The maximum atomic E-state index is 13.5. The van der Waals surface area contributed by atoms with Gasteiger partial charge in [-0.05, 0) is 37.9 Å². The van der Waals surface area contributed by atoms with Gasteiger partial charge in [0, 0.05) is 22.1 Å². The van der Waals surface area contributed by atoms with Gasteiger partial charge in [0.25, 0.3) is 11.5 Å². The van der Waals surface area contributed by atoms with Crippen molar-refractivity contribution in [2.75, 3.05) is 6.54 Å². The Bertz CT molecular complexity index is 1530. The normalized spacial score (nSPS) is 21.8. The Morgan fingerprint density at radius 3 is 2.92 bits per heavy atom. The third-order valence-corrected chi connectivity index (χ3v) is 7.38. The number of hydrazone groups is 1. The van der Waals surface area contributed by atoms with Crippen molar-refractivity contribution in [3.63, 3.8) is 0 Å². The van der Waals surface area contributed by atoms with Crippen molar-refractivity contribution < 1.29 is 19.4 Å². The Balaban J connectivity index is 0.00000280. The second kappa shape index (κ2) is 9.37. The third-order valence-electron chi connectivity index (χ3n) is 7.38. The number of fused-ring (bicyclic) bond motifs is 5. The monoisotopic (exact) mass is 523 g/mol. The number of aromatic nitrogens is 2. The average Bonchev–Trinajstić information content (AvgIpc) is 3.55. The summed E-state index contributed by atoms with van der Waals surface area (Å²) in [6.07, 6.45) is 3.40. The van der Waals surface area contributed by atoms with E-state index in [0.717, 1.165) is 35.9 Å². The minimum atomic E-state index is -1.88. The Morgan fingerprint density at radius 2 is 2.16 bits per heavy atom. The van der Waals surface area contributed by atoms with Gasteiger partial charge in [0.05, 0.1) is 41.3 Å². The predicted octanol–water partition coefficient (Wildman–Crippen LogP) is 1.70. The zero-order chi connectivity index (χ0) is 25.0. The average molecular weight is 524 g/mol. The molecular formula is C26H26ClN5O5. The van der Waals surface area contributed by atoms with E-state index in [0.29, 0.717) is 16.9 Å². The molecule has 37 heavy (non-hydrogen) atoms. The van der Waals surface area contributed by atoms with Gasteiger partial charge in [-0.1, -0.05) is 25.1 Å². The van der Waals surface area contributed by atoms with Crippen LogP contribution in [0.5, 0.6) is 0 Å². The van der Waals surface area contributed by atoms with E-state index < -0.39 is 11.6 Å². The van der Waals surface area contributed by atoms with E-state index in [4.69, 9.17) is 9.72 Å². The summed E-state index contributed by atoms with van der Waals surface area (Å²) in [7, 11) is 0. The molecule has 1 fully saturated rings. The molecular weight excluding hydrogens is 498 g/mol. The fourth-order valence-corrected chi connectivity index (χ4v) is 5.35. The van der Waals surface area contributed by atoms with Crippen molar-refractivity contribution in [2.24, 2.45) is 5.10 Å². The van der Waals surface area contributed by atoms with Crippen molar-refractivity contribution in [1.29, 1.82) is 0 Å². The molecule has 192 valence electrons. The van der Waals surface area contributed by atoms with Gasteiger partial charge in [0.2, 0.25) is 0 Å². The molecule has 0 aliphatic carbocycles. The molecule has 0 spiro atoms. The Labute approximate surface area is 218 Å². The number of esters is 1. The molecule has 1 saturated heterocycles. The summed E-state index contributed by atoms with van der Waals surface area (Å²) in [5.74, 6) is -0.943. The van der Waals surface area contributed by atoms with Crippen LogP contribution in [0.2, 0.25) is 0 Å². The van der Waals surface area contributed by atoms with Crippen LogP contribution in [0.25, 0.3) is 22.3 Å². The molecule has 3 aliphatic rings. The smallest absolute Gasteiger partial charge is 0.343 e. The molecule has 3 N–H and O–H groups in total. The first-order chi connectivity index (χ1) is 17.4. The molecule has 0 saturated carbocycles. The van der Waals surface area contributed by atoms with Crippen LogP contribution in [0.4, 0.5) is 0 Å². The van der Waals surface area contributed by atoms with Gasteiger partial charge in [-0.25, -0.2) is 15.2 Å². The number of pyridine rings is 2. The largest absolute Gasteiger partial charge is 0.458 e. The van der Waals surface area contributed by atoms with Crippen molar-refractivity contribution in [3.05, 3.63) is 62.9 Å². The number of amides is 1. The summed E-state index contributed by atoms with van der Waals surface area (Å²) in [4.78, 5) is 43.1. The van der Waals surface area contributed by atoms with E-state index in [-0.39, 0.29) is 60.6 Å². The molecule has 1 amide bonds. The number of cyclic esters (lactones) is 1. The number of para-hydroxylation sites is 1. The number of carbonyl (C=O) groups is 2. The molecule has 0 radical (unpaired) electrons. The van der Waals surface area contributed by atoms with Crippen molar-refractivity contribution >= 4 is 41.4 Å². The van der Waals surface area contributed by atoms with Gasteiger partial charge in [-0.3, -0.25) is 9.59 Å². The molecule has 2 atom stereocenters. The standard InChI is InChI=1S/C26H25N5O5.ClH/c1-2-26(35)18-10-21-22-16(12-31(21)24(33)17(18)13-36-25(26)34)15(14-6-3-4-7-19(14)29-22)11-28-30-23(32)20-8-5-9-27-20;/h3-4,6-7,10-11,20,27,35H,2,5,8-9,12-13H2,1H3,(H,30,32);1H/b28-11+;/t20?,26-;/m0./s1. The van der Waals surface area contributed by atoms with Crippen LogP contribution in [-0.4, -0.2) is 45.3 Å². The molecule has 11 heteroatoms. The highest BCUT2D eigenvalue weighted by Gasteiger charge is 2.45. The highest BCUT2D eigenvalue weighted by atomic mass is 35.5. The van der Waals surface area contributed by atoms with Gasteiger partial charge in [-0.2, -0.15) is 5.10 Å². The minimum Gasteiger partial charge on any atom is -0.458 e. The van der Waals surface area contributed by atoms with E-state index in [1.54, 1.807) is 23.8 Å². The quantitative estimate of drug-likeness (QED) is 0.210. The highest BCUT2D eigenvalue weighted by Crippen LogP contribution is 2.39. The fourth-order valence-electron chi connectivity index (χ4n) is 5.35. The summed E-state index contributed by atoms with van der Waals surface area (Å²) < 4.78 is 6.73. The lowest BCUT2D eigenvalue weighted by Crippen LogP contribution is -2.44. The Kier molecular flexibility index (Phi) is 6.35. The first-order valence-corrected chi connectivity index (χ1v) is 12.1. The molecule has 1 unspecified atom stereocenters. The van der Waals surface area contributed by atoms with Crippen molar-refractivity contribution in [1.82, 2.24) is 20.3 Å². The Morgan fingerprint density at radius 1 is 1.35 bits per heavy atom.